The molecule has 0 aromatic carbocycles. The summed E-state index contributed by atoms with van der Waals surface area (Å²) in [5, 5.41) is 0.586. The minimum atomic E-state index is -4.80. The van der Waals surface area contributed by atoms with Gasteiger partial charge in [0.25, 0.3) is 0 Å². The molecule has 0 unspecified atom stereocenters. The normalized spacial score (nSPS) is 31.7. The van der Waals surface area contributed by atoms with E-state index in [2.05, 4.69) is 9.76 Å². The fourth-order valence-corrected chi connectivity index (χ4v) is 3.15. The van der Waals surface area contributed by atoms with Crippen LogP contribution in [0.1, 0.15) is 12.8 Å². The molecule has 0 aromatic heterocycles. The second kappa shape index (κ2) is 5.62. The summed E-state index contributed by atoms with van der Waals surface area (Å²) < 4.78 is 39.8. The number of hydrogen-bond donors (Lipinski definition) is 2. The molecule has 22 heavy (non-hydrogen) atoms. The molecule has 12 heteroatoms. The van der Waals surface area contributed by atoms with Gasteiger partial charge in [-0.2, -0.15) is 19.0 Å². The number of nitrogens with zero attached hydrogens (tertiary/aromatic N) is 2. The van der Waals surface area contributed by atoms with E-state index in [1.807, 2.05) is 0 Å². The van der Waals surface area contributed by atoms with E-state index in [-0.39, 0.29) is 13.2 Å². The number of fused-ring (bicyclic) bond motifs is 2. The quantitative estimate of drug-likeness (QED) is 0.461. The van der Waals surface area contributed by atoms with Crippen LogP contribution >= 0.6 is 0 Å². The predicted molar refractivity (Wildman–Crippen MR) is 67.2 cm³/mol. The SMILES string of the molecule is O=C(O[C@@H]1CNOC1)[C@@H]1CC[C@@H]2CN1C(=O)N2OS(=O)(=O)O. The van der Waals surface area contributed by atoms with Crippen LogP contribution in [0.25, 0.3) is 0 Å². The maximum absolute atomic E-state index is 12.2. The Labute approximate surface area is 125 Å². The number of carbonyl (C=O) groups is 2. The maximum Gasteiger partial charge on any atom is 0.418 e. The fraction of sp³-hybridized carbons (Fsp3) is 0.800. The number of rotatable bonds is 4. The molecule has 0 radical (unpaired) electrons. The highest BCUT2D eigenvalue weighted by molar-refractivity contribution is 7.80. The average molecular weight is 337 g/mol. The lowest BCUT2D eigenvalue weighted by Crippen LogP contribution is -2.47. The molecule has 2 bridgehead atoms. The van der Waals surface area contributed by atoms with Crippen LogP contribution in [-0.4, -0.2) is 72.8 Å². The third kappa shape index (κ3) is 3.01. The summed E-state index contributed by atoms with van der Waals surface area (Å²) in [4.78, 5) is 30.3. The molecule has 2 amide bonds. The second-order valence-electron chi connectivity index (χ2n) is 5.23. The van der Waals surface area contributed by atoms with E-state index in [1.54, 1.807) is 0 Å². The van der Waals surface area contributed by atoms with Crippen molar-refractivity contribution in [1.29, 1.82) is 0 Å². The van der Waals surface area contributed by atoms with Crippen LogP contribution in [0.2, 0.25) is 0 Å². The van der Waals surface area contributed by atoms with Crippen molar-refractivity contribution < 1.29 is 36.4 Å². The summed E-state index contributed by atoms with van der Waals surface area (Å²) in [7, 11) is -4.80. The van der Waals surface area contributed by atoms with E-state index in [0.717, 1.165) is 0 Å². The Bertz CT molecular complexity index is 575. The molecule has 3 aliphatic heterocycles. The summed E-state index contributed by atoms with van der Waals surface area (Å²) in [5.74, 6) is -0.571. The molecular formula is C10H15N3O8S. The number of esters is 1. The van der Waals surface area contributed by atoms with Crippen LogP contribution in [0, 0.1) is 0 Å². The van der Waals surface area contributed by atoms with E-state index in [0.29, 0.717) is 24.4 Å². The van der Waals surface area contributed by atoms with Crippen molar-refractivity contribution in [2.75, 3.05) is 19.7 Å². The van der Waals surface area contributed by atoms with Gasteiger partial charge in [0.05, 0.1) is 12.6 Å². The summed E-state index contributed by atoms with van der Waals surface area (Å²) in [6.07, 6.45) is 0.256. The maximum atomic E-state index is 12.2. The molecule has 0 aliphatic carbocycles. The van der Waals surface area contributed by atoms with Gasteiger partial charge in [-0.1, -0.05) is 0 Å². The van der Waals surface area contributed by atoms with Gasteiger partial charge in [-0.25, -0.2) is 9.59 Å². The highest BCUT2D eigenvalue weighted by Gasteiger charge is 2.50. The first-order valence-electron chi connectivity index (χ1n) is 6.67. The van der Waals surface area contributed by atoms with Gasteiger partial charge in [-0.15, -0.1) is 4.28 Å². The van der Waals surface area contributed by atoms with E-state index in [1.165, 1.54) is 4.90 Å². The van der Waals surface area contributed by atoms with Crippen molar-refractivity contribution in [1.82, 2.24) is 15.4 Å². The first-order valence-corrected chi connectivity index (χ1v) is 8.03. The molecule has 0 aromatic rings. The number of piperidine rings is 1. The Balaban J connectivity index is 1.67. The Morgan fingerprint density at radius 2 is 2.18 bits per heavy atom. The highest BCUT2D eigenvalue weighted by atomic mass is 32.3. The highest BCUT2D eigenvalue weighted by Crippen LogP contribution is 2.31. The van der Waals surface area contributed by atoms with Crippen LogP contribution in [0.5, 0.6) is 0 Å². The summed E-state index contributed by atoms with van der Waals surface area (Å²) >= 11 is 0. The second-order valence-corrected chi connectivity index (χ2v) is 6.23. The standard InChI is InChI=1S/C10H15N3O8S/c14-9(20-7-3-11-19-5-7)8-2-1-6-4-12(8)10(15)13(6)21-22(16,17)18/h6-8,11H,1-5H2,(H,16,17,18)/t6-,7-,8+/m1/s1. The molecular weight excluding hydrogens is 322 g/mol. The van der Waals surface area contributed by atoms with Gasteiger partial charge in [-0.3, -0.25) is 9.39 Å². The van der Waals surface area contributed by atoms with Crippen molar-refractivity contribution in [3.8, 4) is 0 Å². The van der Waals surface area contributed by atoms with Crippen LogP contribution in [0.4, 0.5) is 4.79 Å². The lowest BCUT2D eigenvalue weighted by molar-refractivity contribution is -0.154. The number of ether oxygens (including phenoxy) is 1. The molecule has 3 rings (SSSR count). The van der Waals surface area contributed by atoms with Gasteiger partial charge < -0.3 is 9.64 Å². The van der Waals surface area contributed by atoms with E-state index in [4.69, 9.17) is 14.1 Å². The molecule has 0 spiro atoms. The molecule has 2 N–H and O–H groups in total. The third-order valence-corrected chi connectivity index (χ3v) is 4.08. The zero-order chi connectivity index (χ0) is 15.9. The first kappa shape index (κ1) is 15.4. The summed E-state index contributed by atoms with van der Waals surface area (Å²) in [6, 6.07) is -2.13. The fourth-order valence-electron chi connectivity index (χ4n) is 2.76. The Morgan fingerprint density at radius 1 is 1.41 bits per heavy atom. The minimum absolute atomic E-state index is 0.132. The zero-order valence-corrected chi connectivity index (χ0v) is 12.2. The van der Waals surface area contributed by atoms with Crippen molar-refractivity contribution in [3.63, 3.8) is 0 Å². The van der Waals surface area contributed by atoms with Gasteiger partial charge in [-0.05, 0) is 12.8 Å². The number of nitrogens with one attached hydrogen (secondary N) is 1. The Hall–Kier alpha value is -1.47. The monoisotopic (exact) mass is 337 g/mol. The lowest BCUT2D eigenvalue weighted by Gasteiger charge is -2.29. The largest absolute Gasteiger partial charge is 0.457 e. The Morgan fingerprint density at radius 3 is 2.82 bits per heavy atom. The molecule has 0 saturated carbocycles. The van der Waals surface area contributed by atoms with Gasteiger partial charge in [0.1, 0.15) is 18.8 Å². The topological polar surface area (TPSA) is 135 Å². The molecule has 3 atom stereocenters. The minimum Gasteiger partial charge on any atom is -0.457 e. The average Bonchev–Trinajstić information content (AvgIpc) is 3.01. The lowest BCUT2D eigenvalue weighted by atomic mass is 10.0. The van der Waals surface area contributed by atoms with Crippen LogP contribution < -0.4 is 5.48 Å². The van der Waals surface area contributed by atoms with E-state index >= 15 is 0 Å². The van der Waals surface area contributed by atoms with Gasteiger partial charge in [0.15, 0.2) is 0 Å². The number of hydroxylamine groups is 3. The predicted octanol–water partition coefficient (Wildman–Crippen LogP) is -1.56. The number of carbonyl (C=O) groups excluding carboxylic acids is 2. The zero-order valence-electron chi connectivity index (χ0n) is 11.4. The van der Waals surface area contributed by atoms with Crippen molar-refractivity contribution in [3.05, 3.63) is 0 Å². The van der Waals surface area contributed by atoms with Crippen molar-refractivity contribution in [2.24, 2.45) is 0 Å². The van der Waals surface area contributed by atoms with Crippen molar-refractivity contribution in [2.45, 2.75) is 31.0 Å². The molecule has 3 saturated heterocycles. The summed E-state index contributed by atoms with van der Waals surface area (Å²) in [5.41, 5.74) is 2.58. The smallest absolute Gasteiger partial charge is 0.418 e. The van der Waals surface area contributed by atoms with Gasteiger partial charge in [0, 0.05) is 6.54 Å². The molecule has 3 fully saturated rings. The Kier molecular flexibility index (Phi) is 3.94. The molecule has 11 nitrogen and oxygen atoms in total. The van der Waals surface area contributed by atoms with Crippen LogP contribution in [0.3, 0.4) is 0 Å². The molecule has 124 valence electrons. The van der Waals surface area contributed by atoms with Crippen molar-refractivity contribution >= 4 is 22.4 Å². The van der Waals surface area contributed by atoms with E-state index in [9.17, 15) is 18.0 Å². The summed E-state index contributed by atoms with van der Waals surface area (Å²) in [6.45, 7) is 0.730. The van der Waals surface area contributed by atoms with Crippen LogP contribution in [0.15, 0.2) is 0 Å². The third-order valence-electron chi connectivity index (χ3n) is 3.73. The molecule has 3 heterocycles. The van der Waals surface area contributed by atoms with Gasteiger partial charge in [0.2, 0.25) is 0 Å². The van der Waals surface area contributed by atoms with Gasteiger partial charge >= 0.3 is 22.4 Å². The first-order chi connectivity index (χ1) is 10.3. The number of urea groups is 1. The number of hydrogen-bond acceptors (Lipinski definition) is 8. The van der Waals surface area contributed by atoms with Crippen LogP contribution in [-0.2, 0) is 29.1 Å². The number of amides is 2. The molecule has 3 aliphatic rings. The van der Waals surface area contributed by atoms with E-state index < -0.39 is 40.6 Å².